The zero-order chi connectivity index (χ0) is 28.8. The van der Waals surface area contributed by atoms with Gasteiger partial charge >= 0.3 is 98.9 Å². The molecule has 0 aliphatic rings. The summed E-state index contributed by atoms with van der Waals surface area (Å²) < 4.78 is 1.46. The first-order valence-corrected chi connectivity index (χ1v) is 15.8. The monoisotopic (exact) mass is 688 g/mol. The van der Waals surface area contributed by atoms with Crippen molar-refractivity contribution in [3.8, 4) is 0 Å². The maximum absolute atomic E-state index is 2.38. The van der Waals surface area contributed by atoms with E-state index in [1.807, 2.05) is 30.3 Å². The normalized spacial score (nSPS) is 11.4. The van der Waals surface area contributed by atoms with E-state index in [0.717, 1.165) is 23.9 Å². The summed E-state index contributed by atoms with van der Waals surface area (Å²) in [4.78, 5) is 0. The molecule has 1 heteroatoms. The van der Waals surface area contributed by atoms with Crippen LogP contribution in [-0.4, -0.2) is 3.26 Å². The smallest absolute Gasteiger partial charge is 0.172 e. The molecule has 0 atom stereocenters. The van der Waals surface area contributed by atoms with Crippen molar-refractivity contribution in [3.63, 3.8) is 0 Å². The van der Waals surface area contributed by atoms with Gasteiger partial charge < -0.3 is 0 Å². The number of benzene rings is 4. The molecule has 0 radical (unpaired) electrons. The summed E-state index contributed by atoms with van der Waals surface area (Å²) in [6, 6.07) is 47.3. The minimum Gasteiger partial charge on any atom is -0.214 e. The molecule has 0 nitrogen and oxygen atoms in total. The molecule has 0 unspecified atom stereocenters. The number of hydrogen-bond donors (Lipinski definition) is 0. The largest absolute Gasteiger partial charge is 0.214 e. The Kier molecular flexibility index (Phi) is 9.69. The molecular weight excluding hydrogens is 647 g/mol. The van der Waals surface area contributed by atoms with E-state index in [1.165, 1.54) is 47.1 Å². The topological polar surface area (TPSA) is 0 Å². The second-order valence-corrected chi connectivity index (χ2v) is 14.1. The van der Waals surface area contributed by atoms with Crippen LogP contribution in [0.25, 0.3) is 21.5 Å². The molecule has 6 aromatic rings. The van der Waals surface area contributed by atoms with Gasteiger partial charge in [-0.2, -0.15) is 18.2 Å². The van der Waals surface area contributed by atoms with Crippen molar-refractivity contribution in [2.24, 2.45) is 0 Å². The van der Waals surface area contributed by atoms with Crippen molar-refractivity contribution in [1.82, 2.24) is 0 Å². The van der Waals surface area contributed by atoms with Gasteiger partial charge in [0, 0.05) is 0 Å². The Morgan fingerprint density at radius 3 is 1.25 bits per heavy atom. The van der Waals surface area contributed by atoms with Gasteiger partial charge in [-0.25, -0.2) is 12.1 Å². The van der Waals surface area contributed by atoms with Crippen molar-refractivity contribution in [1.29, 1.82) is 0 Å². The Balaban J connectivity index is 0.000000166. The maximum atomic E-state index is 2.38. The molecule has 6 rings (SSSR count). The van der Waals surface area contributed by atoms with E-state index in [-0.39, 0.29) is 10.8 Å². The van der Waals surface area contributed by atoms with Gasteiger partial charge in [0.05, 0.1) is 0 Å². The Morgan fingerprint density at radius 1 is 0.525 bits per heavy atom. The summed E-state index contributed by atoms with van der Waals surface area (Å²) in [5, 5.41) is 5.49. The van der Waals surface area contributed by atoms with Gasteiger partial charge in [-0.05, 0) is 10.8 Å². The Labute approximate surface area is 255 Å². The quantitative estimate of drug-likeness (QED) is 0.126. The Hall–Kier alpha value is -3.16. The first-order chi connectivity index (χ1) is 19.0. The van der Waals surface area contributed by atoms with E-state index in [2.05, 4.69) is 145 Å². The maximum Gasteiger partial charge on any atom is -0.172 e. The predicted molar refractivity (Wildman–Crippen MR) is 173 cm³/mol. The predicted octanol–water partition coefficient (Wildman–Crippen LogP) is 10.5. The van der Waals surface area contributed by atoms with Crippen molar-refractivity contribution < 1.29 is 23.9 Å². The summed E-state index contributed by atoms with van der Waals surface area (Å²) in [6.07, 6.45) is 0. The van der Waals surface area contributed by atoms with E-state index in [9.17, 15) is 0 Å². The van der Waals surface area contributed by atoms with Crippen LogP contribution in [0.3, 0.4) is 0 Å². The average molecular weight is 687 g/mol. The summed E-state index contributed by atoms with van der Waals surface area (Å²) in [5.41, 5.74) is 5.90. The van der Waals surface area contributed by atoms with Crippen LogP contribution >= 0.6 is 0 Å². The molecule has 0 fully saturated rings. The second-order valence-electron chi connectivity index (χ2n) is 12.3. The molecule has 0 N–H and O–H groups in total. The fourth-order valence-corrected chi connectivity index (χ4v) is 5.83. The summed E-state index contributed by atoms with van der Waals surface area (Å²) in [7, 11) is 0. The molecule has 0 aliphatic carbocycles. The Morgan fingerprint density at radius 2 is 0.925 bits per heavy atom. The third kappa shape index (κ3) is 7.73. The zero-order valence-corrected chi connectivity index (χ0v) is 28.3. The van der Waals surface area contributed by atoms with Gasteiger partial charge in [-0.3, -0.25) is 0 Å². The van der Waals surface area contributed by atoms with Gasteiger partial charge in [-0.15, -0.1) is 39.7 Å². The third-order valence-corrected chi connectivity index (χ3v) is 9.19. The number of hydrogen-bond acceptors (Lipinski definition) is 0. The first-order valence-electron chi connectivity index (χ1n) is 14.0. The number of rotatable bonds is 2. The van der Waals surface area contributed by atoms with E-state index < -0.39 is 0 Å². The molecule has 6 aromatic carbocycles. The van der Waals surface area contributed by atoms with Crippen LogP contribution in [0.5, 0.6) is 0 Å². The SMILES string of the molecule is CC(C)(C)c1ccc2[cH-]c3ccc(C(C)(C)C)cc3c2c1.[Hf+2]=[C](c1ccccc1)c1ccccc1.c1cc[cH-]c1. The van der Waals surface area contributed by atoms with E-state index in [0.29, 0.717) is 0 Å². The summed E-state index contributed by atoms with van der Waals surface area (Å²) in [5.74, 6) is 0. The van der Waals surface area contributed by atoms with Crippen molar-refractivity contribution in [2.75, 3.05) is 0 Å². The van der Waals surface area contributed by atoms with Crippen LogP contribution < -0.4 is 0 Å². The molecule has 0 aromatic heterocycles. The van der Waals surface area contributed by atoms with Gasteiger partial charge in [-0.1, -0.05) is 76.9 Å². The molecule has 200 valence electrons. The third-order valence-electron chi connectivity index (χ3n) is 7.12. The molecule has 0 saturated heterocycles. The zero-order valence-electron chi connectivity index (χ0n) is 24.7. The average Bonchev–Trinajstić information content (AvgIpc) is 3.64. The van der Waals surface area contributed by atoms with Crippen molar-refractivity contribution >= 4 is 24.8 Å². The van der Waals surface area contributed by atoms with Crippen LogP contribution in [0.15, 0.2) is 133 Å². The van der Waals surface area contributed by atoms with Gasteiger partial charge in [0.25, 0.3) is 0 Å². The molecule has 0 spiro atoms. The second kappa shape index (κ2) is 13.0. The Bertz CT molecular complexity index is 1510. The van der Waals surface area contributed by atoms with Gasteiger partial charge in [0.2, 0.25) is 0 Å². The van der Waals surface area contributed by atoms with E-state index in [1.54, 1.807) is 0 Å². The molecule has 40 heavy (non-hydrogen) atoms. The molecule has 0 aliphatic heterocycles. The molecule has 0 bridgehead atoms. The molecule has 0 amide bonds. The molecular formula is C39H40Hf. The van der Waals surface area contributed by atoms with Gasteiger partial charge in [0.1, 0.15) is 0 Å². The van der Waals surface area contributed by atoms with Crippen LogP contribution in [0.4, 0.5) is 0 Å². The van der Waals surface area contributed by atoms with E-state index >= 15 is 0 Å². The van der Waals surface area contributed by atoms with Crippen LogP contribution in [0.2, 0.25) is 0 Å². The minimum atomic E-state index is 0.194. The minimum absolute atomic E-state index is 0.194. The van der Waals surface area contributed by atoms with Crippen molar-refractivity contribution in [2.45, 2.75) is 52.4 Å². The summed E-state index contributed by atoms with van der Waals surface area (Å²) in [6.45, 7) is 13.7. The molecule has 0 heterocycles. The van der Waals surface area contributed by atoms with Crippen molar-refractivity contribution in [3.05, 3.63) is 156 Å². The fraction of sp³-hybridized carbons (Fsp3) is 0.205. The number of fused-ring (bicyclic) bond motifs is 3. The van der Waals surface area contributed by atoms with Crippen LogP contribution in [0, 0.1) is 0 Å². The van der Waals surface area contributed by atoms with E-state index in [4.69, 9.17) is 0 Å². The summed E-state index contributed by atoms with van der Waals surface area (Å²) >= 11 is 1.08. The molecule has 0 saturated carbocycles. The fourth-order valence-electron chi connectivity index (χ4n) is 4.63. The standard InChI is InChI=1S/C21H25.C13H10.C5H5.Hf/c1-20(2,3)16-9-7-14-11-15-8-10-17(21(4,5)6)13-19(15)18(14)12-16;1-3-7-12(8-4-1)11-13-9-5-2-6-10-13;1-2-4-5-3-1;/h7-13H,1-6H3;1-10H;1-5H;/q-1;;-1;+2. The first kappa shape index (κ1) is 29.8. The van der Waals surface area contributed by atoms with Crippen LogP contribution in [0.1, 0.15) is 63.8 Å². The van der Waals surface area contributed by atoms with Crippen LogP contribution in [-0.2, 0) is 34.7 Å². The van der Waals surface area contributed by atoms with Gasteiger partial charge in [0.15, 0.2) is 0 Å².